The van der Waals surface area contributed by atoms with E-state index in [2.05, 4.69) is 37.0 Å². The number of hydrogen-bond donors (Lipinski definition) is 2. The number of rotatable bonds is 4. The largest absolute Gasteiger partial charge is 0.397 e. The van der Waals surface area contributed by atoms with E-state index in [0.717, 1.165) is 10.8 Å². The summed E-state index contributed by atoms with van der Waals surface area (Å²) >= 11 is 1.56. The summed E-state index contributed by atoms with van der Waals surface area (Å²) in [6, 6.07) is 8.07. The van der Waals surface area contributed by atoms with E-state index in [4.69, 9.17) is 11.5 Å². The van der Waals surface area contributed by atoms with Gasteiger partial charge in [0.05, 0.1) is 22.5 Å². The Morgan fingerprint density at radius 3 is 2.45 bits per heavy atom. The van der Waals surface area contributed by atoms with Gasteiger partial charge in [0.15, 0.2) is 0 Å². The Morgan fingerprint density at radius 2 is 1.85 bits per heavy atom. The van der Waals surface area contributed by atoms with Gasteiger partial charge in [0.1, 0.15) is 0 Å². The summed E-state index contributed by atoms with van der Waals surface area (Å²) in [6.07, 6.45) is 1.48. The number of primary amides is 1. The molecule has 0 bridgehead atoms. The average molecular weight is 287 g/mol. The SMILES string of the molecule is Cc1cc(C)cc(CSc2cc(C(N)=O)c(N)cn2)c1. The van der Waals surface area contributed by atoms with Gasteiger partial charge in [-0.2, -0.15) is 0 Å². The molecule has 104 valence electrons. The Balaban J connectivity index is 2.14. The summed E-state index contributed by atoms with van der Waals surface area (Å²) in [5.41, 5.74) is 15.3. The predicted octanol–water partition coefficient (Wildman–Crippen LogP) is 2.67. The normalized spacial score (nSPS) is 10.5. The van der Waals surface area contributed by atoms with Crippen molar-refractivity contribution in [3.8, 4) is 0 Å². The minimum Gasteiger partial charge on any atom is -0.397 e. The molecule has 2 rings (SSSR count). The van der Waals surface area contributed by atoms with Crippen LogP contribution < -0.4 is 11.5 Å². The highest BCUT2D eigenvalue weighted by Gasteiger charge is 2.08. The topological polar surface area (TPSA) is 82.0 Å². The highest BCUT2D eigenvalue weighted by atomic mass is 32.2. The third kappa shape index (κ3) is 3.51. The molecule has 0 saturated heterocycles. The quantitative estimate of drug-likeness (QED) is 0.847. The zero-order valence-electron chi connectivity index (χ0n) is 11.5. The number of pyridine rings is 1. The van der Waals surface area contributed by atoms with Crippen molar-refractivity contribution < 1.29 is 4.79 Å². The number of benzene rings is 1. The first-order valence-electron chi connectivity index (χ1n) is 6.21. The van der Waals surface area contributed by atoms with E-state index in [1.165, 1.54) is 22.9 Å². The zero-order valence-corrected chi connectivity index (χ0v) is 12.3. The molecule has 1 aromatic carbocycles. The van der Waals surface area contributed by atoms with Crippen molar-refractivity contribution in [1.82, 2.24) is 4.98 Å². The van der Waals surface area contributed by atoms with Gasteiger partial charge in [-0.05, 0) is 25.5 Å². The van der Waals surface area contributed by atoms with E-state index in [1.807, 2.05) is 0 Å². The zero-order chi connectivity index (χ0) is 14.7. The van der Waals surface area contributed by atoms with Crippen LogP contribution in [-0.4, -0.2) is 10.9 Å². The fraction of sp³-hybridized carbons (Fsp3) is 0.200. The van der Waals surface area contributed by atoms with E-state index in [9.17, 15) is 4.79 Å². The second-order valence-corrected chi connectivity index (χ2v) is 5.75. The minimum atomic E-state index is -0.529. The first-order valence-corrected chi connectivity index (χ1v) is 7.19. The molecule has 1 aromatic heterocycles. The summed E-state index contributed by atoms with van der Waals surface area (Å²) in [5.74, 6) is 0.260. The first-order chi connectivity index (χ1) is 9.45. The summed E-state index contributed by atoms with van der Waals surface area (Å²) in [4.78, 5) is 15.5. The molecule has 0 aliphatic rings. The molecule has 4 nitrogen and oxygen atoms in total. The third-order valence-corrected chi connectivity index (χ3v) is 3.84. The van der Waals surface area contributed by atoms with Crippen molar-refractivity contribution in [2.75, 3.05) is 5.73 Å². The van der Waals surface area contributed by atoms with Crippen molar-refractivity contribution in [3.05, 3.63) is 52.7 Å². The molecule has 5 heteroatoms. The van der Waals surface area contributed by atoms with Gasteiger partial charge in [-0.1, -0.05) is 29.3 Å². The van der Waals surface area contributed by atoms with Crippen LogP contribution in [0.3, 0.4) is 0 Å². The lowest BCUT2D eigenvalue weighted by molar-refractivity contribution is 0.100. The Morgan fingerprint density at radius 1 is 1.20 bits per heavy atom. The molecule has 0 aliphatic heterocycles. The molecule has 20 heavy (non-hydrogen) atoms. The fourth-order valence-corrected chi connectivity index (χ4v) is 2.86. The van der Waals surface area contributed by atoms with E-state index in [0.29, 0.717) is 11.3 Å². The number of carbonyl (C=O) groups excluding carboxylic acids is 1. The summed E-state index contributed by atoms with van der Waals surface area (Å²) < 4.78 is 0. The number of anilines is 1. The molecule has 2 aromatic rings. The van der Waals surface area contributed by atoms with E-state index in [1.54, 1.807) is 17.8 Å². The van der Waals surface area contributed by atoms with E-state index >= 15 is 0 Å². The van der Waals surface area contributed by atoms with Crippen LogP contribution in [0, 0.1) is 13.8 Å². The maximum absolute atomic E-state index is 11.2. The van der Waals surface area contributed by atoms with Crippen LogP contribution in [0.15, 0.2) is 35.5 Å². The monoisotopic (exact) mass is 287 g/mol. The molecule has 0 radical (unpaired) electrons. The Bertz CT molecular complexity index is 635. The molecule has 0 spiro atoms. The molecule has 1 amide bonds. The number of aromatic nitrogens is 1. The fourth-order valence-electron chi connectivity index (χ4n) is 2.05. The molecule has 0 fully saturated rings. The van der Waals surface area contributed by atoms with E-state index < -0.39 is 5.91 Å². The lowest BCUT2D eigenvalue weighted by Gasteiger charge is -2.06. The third-order valence-electron chi connectivity index (χ3n) is 2.84. The smallest absolute Gasteiger partial charge is 0.250 e. The van der Waals surface area contributed by atoms with Gasteiger partial charge >= 0.3 is 0 Å². The van der Waals surface area contributed by atoms with E-state index in [-0.39, 0.29) is 0 Å². The number of nitrogens with zero attached hydrogens (tertiary/aromatic N) is 1. The molecule has 0 atom stereocenters. The van der Waals surface area contributed by atoms with Gasteiger partial charge in [-0.15, -0.1) is 11.8 Å². The standard InChI is InChI=1S/C15H17N3OS/c1-9-3-10(2)5-11(4-9)8-20-14-6-12(15(17)19)13(16)7-18-14/h3-7H,8,16H2,1-2H3,(H2,17,19). The molecule has 1 heterocycles. The highest BCUT2D eigenvalue weighted by Crippen LogP contribution is 2.24. The number of nitrogen functional groups attached to an aromatic ring is 1. The number of thioether (sulfide) groups is 1. The van der Waals surface area contributed by atoms with Crippen LogP contribution in [0.5, 0.6) is 0 Å². The Kier molecular flexibility index (Phi) is 4.29. The van der Waals surface area contributed by atoms with Crippen LogP contribution in [0.2, 0.25) is 0 Å². The summed E-state index contributed by atoms with van der Waals surface area (Å²) in [6.45, 7) is 4.15. The lowest BCUT2D eigenvalue weighted by Crippen LogP contribution is -2.13. The molecule has 0 saturated carbocycles. The minimum absolute atomic E-state index is 0.313. The van der Waals surface area contributed by atoms with Crippen LogP contribution in [0.25, 0.3) is 0 Å². The van der Waals surface area contributed by atoms with Gasteiger partial charge < -0.3 is 11.5 Å². The van der Waals surface area contributed by atoms with Crippen LogP contribution in [-0.2, 0) is 5.75 Å². The van der Waals surface area contributed by atoms with Crippen molar-refractivity contribution in [1.29, 1.82) is 0 Å². The van der Waals surface area contributed by atoms with Crippen molar-refractivity contribution in [2.45, 2.75) is 24.6 Å². The average Bonchev–Trinajstić information content (AvgIpc) is 2.36. The maximum Gasteiger partial charge on any atom is 0.250 e. The van der Waals surface area contributed by atoms with Gasteiger partial charge in [-0.3, -0.25) is 4.79 Å². The molecule has 0 aliphatic carbocycles. The number of aryl methyl sites for hydroxylation is 2. The van der Waals surface area contributed by atoms with Crippen molar-refractivity contribution >= 4 is 23.4 Å². The van der Waals surface area contributed by atoms with Crippen LogP contribution in [0.1, 0.15) is 27.0 Å². The first kappa shape index (κ1) is 14.4. The summed E-state index contributed by atoms with van der Waals surface area (Å²) in [5, 5.41) is 0.743. The second kappa shape index (κ2) is 5.96. The molecular formula is C15H17N3OS. The molecular weight excluding hydrogens is 270 g/mol. The van der Waals surface area contributed by atoms with Gasteiger partial charge in [0.25, 0.3) is 5.91 Å². The van der Waals surface area contributed by atoms with Crippen LogP contribution >= 0.6 is 11.8 Å². The number of carbonyl (C=O) groups is 1. The van der Waals surface area contributed by atoms with Crippen molar-refractivity contribution in [3.63, 3.8) is 0 Å². The second-order valence-electron chi connectivity index (χ2n) is 4.76. The lowest BCUT2D eigenvalue weighted by atomic mass is 10.1. The Hall–Kier alpha value is -2.01. The van der Waals surface area contributed by atoms with Crippen LogP contribution in [0.4, 0.5) is 5.69 Å². The van der Waals surface area contributed by atoms with Crippen molar-refractivity contribution in [2.24, 2.45) is 5.73 Å². The number of nitrogens with two attached hydrogens (primary N) is 2. The maximum atomic E-state index is 11.2. The molecule has 4 N–H and O–H groups in total. The van der Waals surface area contributed by atoms with Gasteiger partial charge in [0.2, 0.25) is 0 Å². The highest BCUT2D eigenvalue weighted by molar-refractivity contribution is 7.98. The van der Waals surface area contributed by atoms with Gasteiger partial charge in [0, 0.05) is 5.75 Å². The number of amides is 1. The number of hydrogen-bond acceptors (Lipinski definition) is 4. The predicted molar refractivity (Wildman–Crippen MR) is 82.6 cm³/mol. The van der Waals surface area contributed by atoms with Gasteiger partial charge in [-0.25, -0.2) is 4.98 Å². The molecule has 0 unspecified atom stereocenters. The Labute approximate surface area is 122 Å². The summed E-state index contributed by atoms with van der Waals surface area (Å²) in [7, 11) is 0.